The molecule has 26 heavy (non-hydrogen) atoms. The second kappa shape index (κ2) is 10.1. The summed E-state index contributed by atoms with van der Waals surface area (Å²) in [5, 5.41) is 6.23. The van der Waals surface area contributed by atoms with Crippen LogP contribution in [0.5, 0.6) is 0 Å². The lowest BCUT2D eigenvalue weighted by Gasteiger charge is -2.13. The van der Waals surface area contributed by atoms with Crippen LogP contribution in [0, 0.1) is 0 Å². The zero-order valence-corrected chi connectivity index (χ0v) is 16.4. The Bertz CT molecular complexity index is 733. The van der Waals surface area contributed by atoms with Crippen molar-refractivity contribution in [2.24, 2.45) is 0 Å². The van der Waals surface area contributed by atoms with Crippen molar-refractivity contribution >= 4 is 46.6 Å². The lowest BCUT2D eigenvalue weighted by Crippen LogP contribution is -2.25. The third kappa shape index (κ3) is 6.98. The molecular formula is C19H22ClN3O2S. The minimum Gasteiger partial charge on any atom is -0.378 e. The van der Waals surface area contributed by atoms with E-state index in [1.165, 1.54) is 11.8 Å². The Balaban J connectivity index is 1.65. The number of amides is 2. The van der Waals surface area contributed by atoms with E-state index >= 15 is 0 Å². The number of anilines is 2. The molecule has 138 valence electrons. The number of benzene rings is 2. The monoisotopic (exact) mass is 391 g/mol. The highest BCUT2D eigenvalue weighted by Crippen LogP contribution is 2.14. The lowest BCUT2D eigenvalue weighted by molar-refractivity contribution is -0.118. The van der Waals surface area contributed by atoms with Gasteiger partial charge in [-0.3, -0.25) is 9.59 Å². The average Bonchev–Trinajstić information content (AvgIpc) is 2.62. The van der Waals surface area contributed by atoms with Gasteiger partial charge in [0.25, 0.3) is 0 Å². The maximum atomic E-state index is 11.9. The number of nitrogens with one attached hydrogen (secondary N) is 2. The van der Waals surface area contributed by atoms with Crippen LogP contribution in [0.1, 0.15) is 5.56 Å². The quantitative estimate of drug-likeness (QED) is 0.724. The van der Waals surface area contributed by atoms with Gasteiger partial charge in [-0.25, -0.2) is 0 Å². The standard InChI is InChI=1S/C19H22ClN3O2S/c1-23(2)17-9-3-14(4-10-17)11-21-18(24)12-26-13-19(25)22-16-7-5-15(20)6-8-16/h3-10H,11-13H2,1-2H3,(H,21,24)(H,22,25). The van der Waals surface area contributed by atoms with E-state index in [-0.39, 0.29) is 23.3 Å². The van der Waals surface area contributed by atoms with Crippen molar-refractivity contribution in [1.82, 2.24) is 5.32 Å². The van der Waals surface area contributed by atoms with Gasteiger partial charge in [0.1, 0.15) is 0 Å². The molecule has 0 heterocycles. The highest BCUT2D eigenvalue weighted by atomic mass is 35.5. The number of halogens is 1. The summed E-state index contributed by atoms with van der Waals surface area (Å²) in [6.07, 6.45) is 0. The Morgan fingerprint density at radius 3 is 2.19 bits per heavy atom. The lowest BCUT2D eigenvalue weighted by atomic mass is 10.2. The Kier molecular flexibility index (Phi) is 7.81. The fourth-order valence-corrected chi connectivity index (χ4v) is 2.90. The van der Waals surface area contributed by atoms with Gasteiger partial charge in [-0.05, 0) is 42.0 Å². The number of rotatable bonds is 8. The molecule has 0 spiro atoms. The summed E-state index contributed by atoms with van der Waals surface area (Å²) in [5.74, 6) is 0.215. The summed E-state index contributed by atoms with van der Waals surface area (Å²) >= 11 is 7.08. The highest BCUT2D eigenvalue weighted by Gasteiger charge is 2.06. The third-order valence-corrected chi connectivity index (χ3v) is 4.72. The van der Waals surface area contributed by atoms with Crippen molar-refractivity contribution in [1.29, 1.82) is 0 Å². The molecule has 0 bridgehead atoms. The molecule has 5 nitrogen and oxygen atoms in total. The summed E-state index contributed by atoms with van der Waals surface area (Å²) in [6.45, 7) is 0.476. The average molecular weight is 392 g/mol. The first kappa shape index (κ1) is 20.1. The number of thioether (sulfide) groups is 1. The predicted octanol–water partition coefficient (Wildman–Crippen LogP) is 3.39. The fraction of sp³-hybridized carbons (Fsp3) is 0.263. The Morgan fingerprint density at radius 2 is 1.58 bits per heavy atom. The van der Waals surface area contributed by atoms with Gasteiger partial charge in [0.15, 0.2) is 0 Å². The first-order chi connectivity index (χ1) is 12.4. The maximum absolute atomic E-state index is 11.9. The number of carbonyl (C=O) groups excluding carboxylic acids is 2. The second-order valence-corrected chi connectivity index (χ2v) is 7.31. The van der Waals surface area contributed by atoms with Gasteiger partial charge >= 0.3 is 0 Å². The first-order valence-corrected chi connectivity index (χ1v) is 9.63. The summed E-state index contributed by atoms with van der Waals surface area (Å²) < 4.78 is 0. The van der Waals surface area contributed by atoms with Crippen LogP contribution >= 0.6 is 23.4 Å². The zero-order valence-electron chi connectivity index (χ0n) is 14.8. The van der Waals surface area contributed by atoms with Crippen LogP contribution in [-0.4, -0.2) is 37.4 Å². The summed E-state index contributed by atoms with van der Waals surface area (Å²) in [4.78, 5) is 25.7. The number of hydrogen-bond acceptors (Lipinski definition) is 4. The van der Waals surface area contributed by atoms with Crippen LogP contribution in [0.2, 0.25) is 5.02 Å². The van der Waals surface area contributed by atoms with Crippen LogP contribution in [0.25, 0.3) is 0 Å². The minimum absolute atomic E-state index is 0.0917. The summed E-state index contributed by atoms with van der Waals surface area (Å²) in [5.41, 5.74) is 2.84. The maximum Gasteiger partial charge on any atom is 0.234 e. The molecule has 0 radical (unpaired) electrons. The number of carbonyl (C=O) groups is 2. The van der Waals surface area contributed by atoms with Crippen molar-refractivity contribution in [3.05, 3.63) is 59.1 Å². The van der Waals surface area contributed by atoms with Crippen molar-refractivity contribution in [2.45, 2.75) is 6.54 Å². The van der Waals surface area contributed by atoms with Gasteiger partial charge in [-0.2, -0.15) is 0 Å². The molecule has 2 rings (SSSR count). The van der Waals surface area contributed by atoms with Crippen molar-refractivity contribution in [3.63, 3.8) is 0 Å². The summed E-state index contributed by atoms with van der Waals surface area (Å²) in [6, 6.07) is 14.9. The first-order valence-electron chi connectivity index (χ1n) is 8.10. The Labute approximate surface area is 163 Å². The van der Waals surface area contributed by atoms with E-state index in [4.69, 9.17) is 11.6 Å². The van der Waals surface area contributed by atoms with Crippen LogP contribution in [-0.2, 0) is 16.1 Å². The van der Waals surface area contributed by atoms with Crippen LogP contribution in [0.4, 0.5) is 11.4 Å². The molecule has 0 aromatic heterocycles. The van der Waals surface area contributed by atoms with Gasteiger partial charge in [-0.1, -0.05) is 23.7 Å². The predicted molar refractivity (Wildman–Crippen MR) is 110 cm³/mol. The van der Waals surface area contributed by atoms with E-state index in [2.05, 4.69) is 10.6 Å². The zero-order chi connectivity index (χ0) is 18.9. The molecule has 2 aromatic carbocycles. The fourth-order valence-electron chi connectivity index (χ4n) is 2.13. The molecule has 0 atom stereocenters. The Hall–Kier alpha value is -2.18. The largest absolute Gasteiger partial charge is 0.378 e. The van der Waals surface area contributed by atoms with E-state index in [0.29, 0.717) is 17.3 Å². The molecule has 7 heteroatoms. The van der Waals surface area contributed by atoms with Gasteiger partial charge in [0.2, 0.25) is 11.8 Å². The van der Waals surface area contributed by atoms with Gasteiger partial charge < -0.3 is 15.5 Å². The highest BCUT2D eigenvalue weighted by molar-refractivity contribution is 8.00. The van der Waals surface area contributed by atoms with Crippen LogP contribution in [0.3, 0.4) is 0 Å². The minimum atomic E-state index is -0.149. The van der Waals surface area contributed by atoms with Crippen molar-refractivity contribution in [3.8, 4) is 0 Å². The number of nitrogens with zero attached hydrogens (tertiary/aromatic N) is 1. The molecule has 0 saturated heterocycles. The molecule has 0 aliphatic carbocycles. The smallest absolute Gasteiger partial charge is 0.234 e. The van der Waals surface area contributed by atoms with Gasteiger partial charge in [0, 0.05) is 37.0 Å². The van der Waals surface area contributed by atoms with E-state index in [1.54, 1.807) is 24.3 Å². The van der Waals surface area contributed by atoms with Crippen LogP contribution < -0.4 is 15.5 Å². The van der Waals surface area contributed by atoms with Crippen molar-refractivity contribution < 1.29 is 9.59 Å². The van der Waals surface area contributed by atoms with E-state index in [0.717, 1.165) is 11.3 Å². The molecule has 0 saturated carbocycles. The van der Waals surface area contributed by atoms with Gasteiger partial charge in [0.05, 0.1) is 11.5 Å². The molecule has 2 amide bonds. The molecule has 0 unspecified atom stereocenters. The topological polar surface area (TPSA) is 61.4 Å². The molecule has 0 fully saturated rings. The number of hydrogen-bond donors (Lipinski definition) is 2. The SMILES string of the molecule is CN(C)c1ccc(CNC(=O)CSCC(=O)Nc2ccc(Cl)cc2)cc1. The molecule has 2 aromatic rings. The van der Waals surface area contributed by atoms with Crippen LogP contribution in [0.15, 0.2) is 48.5 Å². The molecular weight excluding hydrogens is 370 g/mol. The normalized spacial score (nSPS) is 10.3. The van der Waals surface area contributed by atoms with E-state index < -0.39 is 0 Å². The van der Waals surface area contributed by atoms with E-state index in [1.807, 2.05) is 43.3 Å². The van der Waals surface area contributed by atoms with Crippen molar-refractivity contribution in [2.75, 3.05) is 35.8 Å². The van der Waals surface area contributed by atoms with Gasteiger partial charge in [-0.15, -0.1) is 11.8 Å². The second-order valence-electron chi connectivity index (χ2n) is 5.89. The third-order valence-electron chi connectivity index (χ3n) is 3.54. The Morgan fingerprint density at radius 1 is 0.962 bits per heavy atom. The molecule has 0 aliphatic heterocycles. The summed E-state index contributed by atoms with van der Waals surface area (Å²) in [7, 11) is 3.97. The molecule has 0 aliphatic rings. The van der Waals surface area contributed by atoms with E-state index in [9.17, 15) is 9.59 Å². The molecule has 2 N–H and O–H groups in total.